The van der Waals surface area contributed by atoms with Crippen molar-refractivity contribution in [1.82, 2.24) is 0 Å². The predicted octanol–water partition coefficient (Wildman–Crippen LogP) is 4.93. The Bertz CT molecular complexity index is 561. The zero-order valence-electron chi connectivity index (χ0n) is 15.6. The summed E-state index contributed by atoms with van der Waals surface area (Å²) in [6.07, 6.45) is 8.99. The van der Waals surface area contributed by atoms with Gasteiger partial charge in [0.2, 0.25) is 0 Å². The summed E-state index contributed by atoms with van der Waals surface area (Å²) in [6.45, 7) is 4.73. The summed E-state index contributed by atoms with van der Waals surface area (Å²) in [7, 11) is 0. The summed E-state index contributed by atoms with van der Waals surface area (Å²) in [5.41, 5.74) is 0.131. The second-order valence-electron chi connectivity index (χ2n) is 7.63. The van der Waals surface area contributed by atoms with E-state index in [2.05, 4.69) is 12.2 Å². The molecule has 0 bridgehead atoms. The highest BCUT2D eigenvalue weighted by molar-refractivity contribution is 5.97. The fourth-order valence-corrected chi connectivity index (χ4v) is 4.24. The minimum atomic E-state index is -0.675. The molecule has 25 heavy (non-hydrogen) atoms. The van der Waals surface area contributed by atoms with Crippen molar-refractivity contribution in [2.24, 2.45) is 5.92 Å². The third-order valence-electron chi connectivity index (χ3n) is 5.51. The molecule has 1 aromatic carbocycles. The van der Waals surface area contributed by atoms with Crippen LogP contribution in [0.15, 0.2) is 24.3 Å². The molecule has 4 nitrogen and oxygen atoms in total. The summed E-state index contributed by atoms with van der Waals surface area (Å²) in [5.74, 6) is 1.40. The highest BCUT2D eigenvalue weighted by Gasteiger charge is 2.42. The van der Waals surface area contributed by atoms with Crippen LogP contribution in [0, 0.1) is 5.92 Å². The molecule has 4 heteroatoms. The van der Waals surface area contributed by atoms with Crippen molar-refractivity contribution in [2.45, 2.75) is 76.9 Å². The number of anilines is 1. The van der Waals surface area contributed by atoms with E-state index in [0.29, 0.717) is 18.6 Å². The van der Waals surface area contributed by atoms with Crippen LogP contribution in [-0.4, -0.2) is 24.2 Å². The van der Waals surface area contributed by atoms with Gasteiger partial charge in [-0.15, -0.1) is 0 Å². The zero-order valence-corrected chi connectivity index (χ0v) is 15.6. The lowest BCUT2D eigenvalue weighted by Crippen LogP contribution is -2.48. The molecular weight excluding hydrogens is 314 g/mol. The average Bonchev–Trinajstić information content (AvgIpc) is 3.10. The molecule has 0 heterocycles. The molecule has 2 atom stereocenters. The van der Waals surface area contributed by atoms with Crippen LogP contribution in [0.3, 0.4) is 0 Å². The molecule has 0 radical (unpaired) electrons. The van der Waals surface area contributed by atoms with Crippen LogP contribution in [0.1, 0.15) is 65.2 Å². The van der Waals surface area contributed by atoms with Crippen LogP contribution < -0.4 is 10.1 Å². The number of hydrogen-bond acceptors (Lipinski definition) is 3. The van der Waals surface area contributed by atoms with Crippen LogP contribution in [0.4, 0.5) is 5.69 Å². The quantitative estimate of drug-likeness (QED) is 0.795. The molecule has 1 amide bonds. The van der Waals surface area contributed by atoms with Gasteiger partial charge in [-0.1, -0.05) is 13.3 Å². The van der Waals surface area contributed by atoms with Crippen LogP contribution in [0.2, 0.25) is 0 Å². The molecule has 3 rings (SSSR count). The number of ether oxygens (including phenoxy) is 2. The van der Waals surface area contributed by atoms with E-state index < -0.39 is 5.60 Å². The Kier molecular flexibility index (Phi) is 6.00. The monoisotopic (exact) mass is 345 g/mol. The minimum Gasteiger partial charge on any atom is -0.490 e. The Hall–Kier alpha value is -1.55. The lowest BCUT2D eigenvalue weighted by Gasteiger charge is -2.38. The van der Waals surface area contributed by atoms with Gasteiger partial charge in [0.05, 0.1) is 6.10 Å². The lowest BCUT2D eigenvalue weighted by atomic mass is 9.78. The van der Waals surface area contributed by atoms with Crippen LogP contribution in [0.25, 0.3) is 0 Å². The van der Waals surface area contributed by atoms with Crippen molar-refractivity contribution >= 4 is 11.6 Å². The molecule has 0 spiro atoms. The van der Waals surface area contributed by atoms with Gasteiger partial charge in [-0.2, -0.15) is 0 Å². The first-order valence-corrected chi connectivity index (χ1v) is 9.83. The minimum absolute atomic E-state index is 0.00892. The van der Waals surface area contributed by atoms with E-state index in [-0.39, 0.29) is 5.91 Å². The maximum Gasteiger partial charge on any atom is 0.256 e. The van der Waals surface area contributed by atoms with Gasteiger partial charge in [-0.25, -0.2) is 0 Å². The third kappa shape index (κ3) is 4.55. The summed E-state index contributed by atoms with van der Waals surface area (Å²) in [5, 5.41) is 3.06. The van der Waals surface area contributed by atoms with E-state index >= 15 is 0 Å². The van der Waals surface area contributed by atoms with Crippen molar-refractivity contribution in [3.05, 3.63) is 24.3 Å². The van der Waals surface area contributed by atoms with E-state index in [0.717, 1.165) is 43.5 Å². The second-order valence-corrected chi connectivity index (χ2v) is 7.63. The number of benzene rings is 1. The molecule has 2 fully saturated rings. The van der Waals surface area contributed by atoms with Gasteiger partial charge >= 0.3 is 0 Å². The molecular formula is C21H31NO3. The van der Waals surface area contributed by atoms with Gasteiger partial charge in [0.25, 0.3) is 5.91 Å². The largest absolute Gasteiger partial charge is 0.490 e. The van der Waals surface area contributed by atoms with Gasteiger partial charge in [0.1, 0.15) is 11.4 Å². The Morgan fingerprint density at radius 3 is 2.52 bits per heavy atom. The first-order valence-electron chi connectivity index (χ1n) is 9.83. The topological polar surface area (TPSA) is 47.6 Å². The molecule has 2 aliphatic carbocycles. The molecule has 2 aliphatic rings. The fraction of sp³-hybridized carbons (Fsp3) is 0.667. The average molecular weight is 345 g/mol. The normalized spacial score (nSPS) is 27.2. The zero-order chi connectivity index (χ0) is 17.7. The van der Waals surface area contributed by atoms with Crippen LogP contribution in [-0.2, 0) is 9.53 Å². The highest BCUT2D eigenvalue weighted by atomic mass is 16.5. The SMILES string of the molecule is CCOC1(C(=O)Nc2ccc(OC3CCCC3)cc2)CCCC(C)C1. The van der Waals surface area contributed by atoms with E-state index in [1.54, 1.807) is 0 Å². The number of rotatable bonds is 6. The molecule has 2 unspecified atom stereocenters. The third-order valence-corrected chi connectivity index (χ3v) is 5.51. The molecule has 0 aromatic heterocycles. The van der Waals surface area contributed by atoms with E-state index in [1.165, 1.54) is 19.3 Å². The van der Waals surface area contributed by atoms with Crippen molar-refractivity contribution in [3.8, 4) is 5.75 Å². The summed E-state index contributed by atoms with van der Waals surface area (Å²) < 4.78 is 11.9. The Morgan fingerprint density at radius 2 is 1.88 bits per heavy atom. The molecule has 1 aromatic rings. The van der Waals surface area contributed by atoms with Crippen LogP contribution >= 0.6 is 0 Å². The smallest absolute Gasteiger partial charge is 0.256 e. The molecule has 2 saturated carbocycles. The van der Waals surface area contributed by atoms with Crippen molar-refractivity contribution < 1.29 is 14.3 Å². The van der Waals surface area contributed by atoms with Gasteiger partial charge in [0.15, 0.2) is 0 Å². The predicted molar refractivity (Wildman–Crippen MR) is 99.9 cm³/mol. The highest BCUT2D eigenvalue weighted by Crippen LogP contribution is 2.36. The standard InChI is InChI=1S/C21H31NO3/c1-3-24-21(14-6-7-16(2)15-21)20(23)22-17-10-12-19(13-11-17)25-18-8-4-5-9-18/h10-13,16,18H,3-9,14-15H2,1-2H3,(H,22,23). The number of amides is 1. The lowest BCUT2D eigenvalue weighted by molar-refractivity contribution is -0.147. The van der Waals surface area contributed by atoms with E-state index in [9.17, 15) is 4.79 Å². The number of carbonyl (C=O) groups is 1. The maximum atomic E-state index is 12.9. The summed E-state index contributed by atoms with van der Waals surface area (Å²) >= 11 is 0. The van der Waals surface area contributed by atoms with Crippen molar-refractivity contribution in [3.63, 3.8) is 0 Å². The van der Waals surface area contributed by atoms with Gasteiger partial charge in [0, 0.05) is 12.3 Å². The van der Waals surface area contributed by atoms with Crippen molar-refractivity contribution in [1.29, 1.82) is 0 Å². The first-order chi connectivity index (χ1) is 12.1. The second kappa shape index (κ2) is 8.22. The Labute approximate surface area is 151 Å². The Morgan fingerprint density at radius 1 is 1.16 bits per heavy atom. The first kappa shape index (κ1) is 18.2. The molecule has 138 valence electrons. The van der Waals surface area contributed by atoms with E-state index in [1.807, 2.05) is 31.2 Å². The fourth-order valence-electron chi connectivity index (χ4n) is 4.24. The summed E-state index contributed by atoms with van der Waals surface area (Å²) in [4.78, 5) is 12.9. The number of carbonyl (C=O) groups excluding carboxylic acids is 1. The molecule has 0 aliphatic heterocycles. The van der Waals surface area contributed by atoms with Gasteiger partial charge < -0.3 is 14.8 Å². The van der Waals surface area contributed by atoms with Gasteiger partial charge in [-0.05, 0) is 82.1 Å². The maximum absolute atomic E-state index is 12.9. The van der Waals surface area contributed by atoms with E-state index in [4.69, 9.17) is 9.47 Å². The van der Waals surface area contributed by atoms with Crippen LogP contribution in [0.5, 0.6) is 5.75 Å². The summed E-state index contributed by atoms with van der Waals surface area (Å²) in [6, 6.07) is 7.75. The number of hydrogen-bond donors (Lipinski definition) is 1. The van der Waals surface area contributed by atoms with Gasteiger partial charge in [-0.3, -0.25) is 4.79 Å². The number of nitrogens with one attached hydrogen (secondary N) is 1. The molecule has 0 saturated heterocycles. The molecule has 1 N–H and O–H groups in total. The Balaban J connectivity index is 1.62. The van der Waals surface area contributed by atoms with Crippen molar-refractivity contribution in [2.75, 3.05) is 11.9 Å².